The van der Waals surface area contributed by atoms with Crippen LogP contribution in [0.15, 0.2) is 18.2 Å². The van der Waals surface area contributed by atoms with Crippen molar-refractivity contribution in [2.75, 3.05) is 36.7 Å². The second-order valence-corrected chi connectivity index (χ2v) is 9.33. The average Bonchev–Trinajstić information content (AvgIpc) is 3.03. The van der Waals surface area contributed by atoms with E-state index in [9.17, 15) is 13.2 Å². The molecule has 0 radical (unpaired) electrons. The van der Waals surface area contributed by atoms with Crippen LogP contribution >= 0.6 is 0 Å². The summed E-state index contributed by atoms with van der Waals surface area (Å²) in [5.41, 5.74) is 2.22. The van der Waals surface area contributed by atoms with E-state index >= 15 is 0 Å². The third-order valence-electron chi connectivity index (χ3n) is 5.44. The van der Waals surface area contributed by atoms with Gasteiger partial charge < -0.3 is 10.2 Å². The van der Waals surface area contributed by atoms with Gasteiger partial charge in [-0.25, -0.2) is 8.42 Å². The van der Waals surface area contributed by atoms with Crippen LogP contribution in [-0.2, 0) is 16.4 Å². The summed E-state index contributed by atoms with van der Waals surface area (Å²) < 4.78 is 25.0. The first kappa shape index (κ1) is 19.2. The van der Waals surface area contributed by atoms with E-state index in [2.05, 4.69) is 17.1 Å². The van der Waals surface area contributed by atoms with Gasteiger partial charge in [-0.15, -0.1) is 0 Å². The largest absolute Gasteiger partial charge is 0.352 e. The van der Waals surface area contributed by atoms with E-state index in [1.165, 1.54) is 29.8 Å². The van der Waals surface area contributed by atoms with Gasteiger partial charge in [0.1, 0.15) is 0 Å². The minimum absolute atomic E-state index is 0.0858. The van der Waals surface area contributed by atoms with Gasteiger partial charge in [-0.1, -0.05) is 6.42 Å². The molecule has 2 aliphatic rings. The fourth-order valence-corrected chi connectivity index (χ4v) is 4.89. The number of carbonyl (C=O) groups is 1. The summed E-state index contributed by atoms with van der Waals surface area (Å²) in [7, 11) is -3.25. The fourth-order valence-electron chi connectivity index (χ4n) is 3.93. The first-order chi connectivity index (χ1) is 12.4. The molecule has 1 N–H and O–H groups in total. The van der Waals surface area contributed by atoms with E-state index in [1.807, 2.05) is 6.07 Å². The van der Waals surface area contributed by atoms with Crippen molar-refractivity contribution in [2.24, 2.45) is 0 Å². The van der Waals surface area contributed by atoms with Gasteiger partial charge in [0, 0.05) is 31.2 Å². The van der Waals surface area contributed by atoms with Crippen LogP contribution in [0.25, 0.3) is 0 Å². The Hall–Kier alpha value is -1.60. The summed E-state index contributed by atoms with van der Waals surface area (Å²) in [6, 6.07) is 5.93. The molecule has 0 aromatic heterocycles. The Morgan fingerprint density at radius 1 is 1.27 bits per heavy atom. The van der Waals surface area contributed by atoms with Crippen molar-refractivity contribution in [3.8, 4) is 0 Å². The fraction of sp³-hybridized carbons (Fsp3) is 0.632. The van der Waals surface area contributed by atoms with Gasteiger partial charge in [-0.05, 0) is 62.9 Å². The molecule has 0 saturated carbocycles. The van der Waals surface area contributed by atoms with Crippen LogP contribution in [0.2, 0.25) is 0 Å². The molecule has 1 amide bonds. The zero-order chi connectivity index (χ0) is 18.7. The Morgan fingerprint density at radius 3 is 2.81 bits per heavy atom. The molecule has 2 heterocycles. The van der Waals surface area contributed by atoms with Gasteiger partial charge in [0.25, 0.3) is 5.91 Å². The molecular formula is C19H29N3O3S. The zero-order valence-electron chi connectivity index (χ0n) is 15.7. The maximum Gasteiger partial charge on any atom is 0.251 e. The molecular weight excluding hydrogens is 350 g/mol. The Morgan fingerprint density at radius 2 is 2.08 bits per heavy atom. The summed E-state index contributed by atoms with van der Waals surface area (Å²) in [6.07, 6.45) is 6.68. The van der Waals surface area contributed by atoms with Crippen LogP contribution in [0.4, 0.5) is 5.69 Å². The molecule has 7 heteroatoms. The van der Waals surface area contributed by atoms with Crippen molar-refractivity contribution >= 4 is 21.6 Å². The summed E-state index contributed by atoms with van der Waals surface area (Å²) in [6.45, 7) is 5.58. The van der Waals surface area contributed by atoms with Crippen molar-refractivity contribution in [3.63, 3.8) is 0 Å². The van der Waals surface area contributed by atoms with Crippen LogP contribution in [-0.4, -0.2) is 57.7 Å². The Labute approximate surface area is 156 Å². The maximum absolute atomic E-state index is 12.4. The number of hydrogen-bond donors (Lipinski definition) is 1. The standard InChI is InChI=1S/C19H29N3O3S/c1-15-6-3-4-11-21(15)12-5-10-20-19(23)17-7-8-18-16(14-17)9-13-22(18)26(2,24)25/h7-8,14-15H,3-6,9-13H2,1-2H3,(H,20,23)/t15-/m1/s1. The van der Waals surface area contributed by atoms with E-state index < -0.39 is 10.0 Å². The number of anilines is 1. The van der Waals surface area contributed by atoms with E-state index in [0.29, 0.717) is 36.8 Å². The van der Waals surface area contributed by atoms with Crippen molar-refractivity contribution < 1.29 is 13.2 Å². The number of piperidine rings is 1. The number of sulfonamides is 1. The first-order valence-electron chi connectivity index (χ1n) is 9.49. The van der Waals surface area contributed by atoms with E-state index in [1.54, 1.807) is 12.1 Å². The molecule has 0 bridgehead atoms. The zero-order valence-corrected chi connectivity index (χ0v) is 16.5. The van der Waals surface area contributed by atoms with Gasteiger partial charge in [0.15, 0.2) is 0 Å². The molecule has 0 spiro atoms. The average molecular weight is 380 g/mol. The molecule has 0 unspecified atom stereocenters. The van der Waals surface area contributed by atoms with Crippen LogP contribution in [0, 0.1) is 0 Å². The summed E-state index contributed by atoms with van der Waals surface area (Å²) in [5.74, 6) is -0.0858. The lowest BCUT2D eigenvalue weighted by atomic mass is 10.0. The van der Waals surface area contributed by atoms with Crippen molar-refractivity contribution in [1.29, 1.82) is 0 Å². The van der Waals surface area contributed by atoms with Crippen molar-refractivity contribution in [2.45, 2.75) is 45.1 Å². The third-order valence-corrected chi connectivity index (χ3v) is 6.62. The normalized spacial score (nSPS) is 20.8. The highest BCUT2D eigenvalue weighted by atomic mass is 32.2. The Bertz CT molecular complexity index is 763. The Kier molecular flexibility index (Phi) is 5.87. The second kappa shape index (κ2) is 7.96. The first-order valence-corrected chi connectivity index (χ1v) is 11.3. The van der Waals surface area contributed by atoms with E-state index in [0.717, 1.165) is 25.1 Å². The van der Waals surface area contributed by atoms with E-state index in [-0.39, 0.29) is 5.91 Å². The highest BCUT2D eigenvalue weighted by Crippen LogP contribution is 2.30. The minimum atomic E-state index is -3.25. The highest BCUT2D eigenvalue weighted by molar-refractivity contribution is 7.92. The predicted octanol–water partition coefficient (Wildman–Crippen LogP) is 2.00. The number of likely N-dealkylation sites (tertiary alicyclic amines) is 1. The van der Waals surface area contributed by atoms with Gasteiger partial charge in [-0.3, -0.25) is 9.10 Å². The molecule has 26 heavy (non-hydrogen) atoms. The SMILES string of the molecule is C[C@@H]1CCCCN1CCCNC(=O)c1ccc2c(c1)CCN2S(C)(=O)=O. The number of rotatable bonds is 6. The summed E-state index contributed by atoms with van der Waals surface area (Å²) >= 11 is 0. The van der Waals surface area contributed by atoms with Crippen LogP contribution < -0.4 is 9.62 Å². The molecule has 1 atom stereocenters. The lowest BCUT2D eigenvalue weighted by Gasteiger charge is -2.33. The smallest absolute Gasteiger partial charge is 0.251 e. The molecule has 1 fully saturated rings. The quantitative estimate of drug-likeness (QED) is 0.768. The van der Waals surface area contributed by atoms with Crippen LogP contribution in [0.1, 0.15) is 48.5 Å². The number of benzene rings is 1. The van der Waals surface area contributed by atoms with Gasteiger partial charge in [0.05, 0.1) is 11.9 Å². The molecule has 3 rings (SSSR count). The topological polar surface area (TPSA) is 69.7 Å². The lowest BCUT2D eigenvalue weighted by molar-refractivity contribution is 0.0949. The van der Waals surface area contributed by atoms with E-state index in [4.69, 9.17) is 0 Å². The van der Waals surface area contributed by atoms with Gasteiger partial charge in [0.2, 0.25) is 10.0 Å². The maximum atomic E-state index is 12.4. The number of fused-ring (bicyclic) bond motifs is 1. The molecule has 0 aliphatic carbocycles. The molecule has 1 saturated heterocycles. The van der Waals surface area contributed by atoms with Gasteiger partial charge in [-0.2, -0.15) is 0 Å². The third kappa shape index (κ3) is 4.38. The number of hydrogen-bond acceptors (Lipinski definition) is 4. The second-order valence-electron chi connectivity index (χ2n) is 7.42. The summed E-state index contributed by atoms with van der Waals surface area (Å²) in [4.78, 5) is 14.9. The number of amides is 1. The van der Waals surface area contributed by atoms with Crippen molar-refractivity contribution in [1.82, 2.24) is 10.2 Å². The highest BCUT2D eigenvalue weighted by Gasteiger charge is 2.26. The molecule has 6 nitrogen and oxygen atoms in total. The minimum Gasteiger partial charge on any atom is -0.352 e. The lowest BCUT2D eigenvalue weighted by Crippen LogP contribution is -2.39. The molecule has 1 aromatic rings. The monoisotopic (exact) mass is 379 g/mol. The van der Waals surface area contributed by atoms with Gasteiger partial charge >= 0.3 is 0 Å². The van der Waals surface area contributed by atoms with Crippen LogP contribution in [0.3, 0.4) is 0 Å². The number of carbonyl (C=O) groups excluding carboxylic acids is 1. The molecule has 1 aromatic carbocycles. The number of nitrogens with one attached hydrogen (secondary N) is 1. The van der Waals surface area contributed by atoms with Crippen molar-refractivity contribution in [3.05, 3.63) is 29.3 Å². The summed E-state index contributed by atoms with van der Waals surface area (Å²) in [5, 5.41) is 2.99. The predicted molar refractivity (Wildman–Crippen MR) is 104 cm³/mol. The van der Waals surface area contributed by atoms with Crippen LogP contribution in [0.5, 0.6) is 0 Å². The molecule has 144 valence electrons. The number of nitrogens with zero attached hydrogens (tertiary/aromatic N) is 2. The molecule has 2 aliphatic heterocycles. The Balaban J connectivity index is 1.51.